The quantitative estimate of drug-likeness (QED) is 0.720. The Hall–Kier alpha value is -0.580. The summed E-state index contributed by atoms with van der Waals surface area (Å²) >= 11 is 5.60. The van der Waals surface area contributed by atoms with E-state index < -0.39 is 0 Å². The van der Waals surface area contributed by atoms with Crippen molar-refractivity contribution in [2.45, 2.75) is 34.6 Å². The summed E-state index contributed by atoms with van der Waals surface area (Å²) in [5.74, 6) is 1.71. The Morgan fingerprint density at radius 1 is 0.800 bits per heavy atom. The molecule has 0 saturated carbocycles. The Morgan fingerprint density at radius 2 is 1.25 bits per heavy atom. The molecule has 108 valence electrons. The second kappa shape index (κ2) is 6.46. The molecule has 3 rings (SSSR count). The Labute approximate surface area is 131 Å². The van der Waals surface area contributed by atoms with Crippen molar-refractivity contribution in [1.29, 1.82) is 0 Å². The van der Waals surface area contributed by atoms with Crippen molar-refractivity contribution in [1.82, 2.24) is 19.6 Å². The Balaban J connectivity index is 1.77. The highest BCUT2D eigenvalue weighted by Crippen LogP contribution is 2.23. The highest BCUT2D eigenvalue weighted by molar-refractivity contribution is 8.04. The first-order chi connectivity index (χ1) is 9.72. The highest BCUT2D eigenvalue weighted by Gasteiger charge is 2.10. The lowest BCUT2D eigenvalue weighted by Crippen LogP contribution is -2.17. The Morgan fingerprint density at radius 3 is 1.70 bits per heavy atom. The van der Waals surface area contributed by atoms with Crippen LogP contribution in [-0.2, 0) is 13.1 Å². The van der Waals surface area contributed by atoms with E-state index in [-0.39, 0.29) is 9.75 Å². The highest BCUT2D eigenvalue weighted by atomic mass is 32.2. The normalized spacial score (nSPS) is 16.8. The zero-order valence-corrected chi connectivity index (χ0v) is 13.7. The van der Waals surface area contributed by atoms with E-state index in [4.69, 9.17) is 0 Å². The van der Waals surface area contributed by atoms with Crippen LogP contribution >= 0.6 is 46.2 Å². The molecular weight excluding hydrogens is 336 g/mol. The standard InChI is InChI=1S/C10H12N4O2S4/c15-9-13-3-1-2-4-14-10(16)20-8(12-14)18-6-5-17-7(11-13)19-9/h1-6H2. The number of aryl methyl sites for hydroxylation is 2. The van der Waals surface area contributed by atoms with Crippen LogP contribution in [0, 0.1) is 0 Å². The predicted octanol–water partition coefficient (Wildman–Crippen LogP) is 1.60. The zero-order valence-electron chi connectivity index (χ0n) is 10.5. The molecule has 4 bridgehead atoms. The predicted molar refractivity (Wildman–Crippen MR) is 83.4 cm³/mol. The molecule has 0 atom stereocenters. The van der Waals surface area contributed by atoms with Gasteiger partial charge in [0.05, 0.1) is 0 Å². The molecule has 0 spiro atoms. The number of hydrogen-bond donors (Lipinski definition) is 0. The van der Waals surface area contributed by atoms with E-state index in [1.807, 2.05) is 0 Å². The van der Waals surface area contributed by atoms with Crippen molar-refractivity contribution in [3.05, 3.63) is 19.3 Å². The Bertz CT molecular complexity index is 640. The first-order valence-electron chi connectivity index (χ1n) is 6.14. The van der Waals surface area contributed by atoms with Crippen LogP contribution in [0.25, 0.3) is 0 Å². The third kappa shape index (κ3) is 3.35. The average molecular weight is 349 g/mol. The number of thioether (sulfide) groups is 2. The maximum atomic E-state index is 11.7. The van der Waals surface area contributed by atoms with Gasteiger partial charge in [0.15, 0.2) is 8.68 Å². The lowest BCUT2D eigenvalue weighted by molar-refractivity contribution is 0.482. The fourth-order valence-corrected chi connectivity index (χ4v) is 5.53. The number of rotatable bonds is 0. The van der Waals surface area contributed by atoms with Gasteiger partial charge in [0, 0.05) is 24.6 Å². The van der Waals surface area contributed by atoms with Gasteiger partial charge < -0.3 is 0 Å². The maximum Gasteiger partial charge on any atom is 0.325 e. The molecular formula is C10H12N4O2S4. The van der Waals surface area contributed by atoms with E-state index in [0.29, 0.717) is 13.1 Å². The van der Waals surface area contributed by atoms with E-state index >= 15 is 0 Å². The second-order valence-electron chi connectivity index (χ2n) is 4.12. The van der Waals surface area contributed by atoms with Crippen LogP contribution in [0.4, 0.5) is 0 Å². The minimum Gasteiger partial charge on any atom is -0.255 e. The van der Waals surface area contributed by atoms with Gasteiger partial charge in [-0.25, -0.2) is 9.36 Å². The monoisotopic (exact) mass is 348 g/mol. The third-order valence-corrected chi connectivity index (χ3v) is 6.92. The van der Waals surface area contributed by atoms with Gasteiger partial charge in [0.25, 0.3) is 0 Å². The van der Waals surface area contributed by atoms with Crippen LogP contribution < -0.4 is 9.75 Å². The molecule has 0 N–H and O–H groups in total. The van der Waals surface area contributed by atoms with Crippen LogP contribution in [0.3, 0.4) is 0 Å². The molecule has 1 aliphatic heterocycles. The first-order valence-corrected chi connectivity index (χ1v) is 9.74. The molecule has 0 amide bonds. The SMILES string of the molecule is O=c1sc2nn1CCCCn1nc(sc1=O)SCCS2. The summed E-state index contributed by atoms with van der Waals surface area (Å²) in [5.41, 5.74) is 0. The lowest BCUT2D eigenvalue weighted by atomic mass is 10.3. The van der Waals surface area contributed by atoms with Crippen LogP contribution in [0.1, 0.15) is 12.8 Å². The van der Waals surface area contributed by atoms with Crippen LogP contribution in [0.2, 0.25) is 0 Å². The molecule has 1 aliphatic rings. The lowest BCUT2D eigenvalue weighted by Gasteiger charge is -2.02. The van der Waals surface area contributed by atoms with Gasteiger partial charge in [-0.3, -0.25) is 9.59 Å². The third-order valence-electron chi connectivity index (χ3n) is 2.70. The van der Waals surface area contributed by atoms with Crippen molar-refractivity contribution >= 4 is 46.2 Å². The van der Waals surface area contributed by atoms with Gasteiger partial charge in [-0.2, -0.15) is 10.2 Å². The van der Waals surface area contributed by atoms with E-state index in [0.717, 1.165) is 33.0 Å². The number of aromatic nitrogens is 4. The second-order valence-corrected chi connectivity index (χ2v) is 8.68. The van der Waals surface area contributed by atoms with E-state index in [1.165, 1.54) is 32.0 Å². The van der Waals surface area contributed by atoms with Crippen LogP contribution in [0.5, 0.6) is 0 Å². The number of fused-ring (bicyclic) bond motifs is 4. The molecule has 0 saturated heterocycles. The molecule has 0 aliphatic carbocycles. The molecule has 0 aromatic carbocycles. The topological polar surface area (TPSA) is 69.8 Å². The van der Waals surface area contributed by atoms with Crippen molar-refractivity contribution in [3.8, 4) is 0 Å². The van der Waals surface area contributed by atoms with Crippen molar-refractivity contribution < 1.29 is 0 Å². The van der Waals surface area contributed by atoms with Crippen molar-refractivity contribution in [2.24, 2.45) is 0 Å². The summed E-state index contributed by atoms with van der Waals surface area (Å²) in [4.78, 5) is 23.5. The maximum absolute atomic E-state index is 11.7. The fourth-order valence-electron chi connectivity index (χ4n) is 1.75. The summed E-state index contributed by atoms with van der Waals surface area (Å²) in [6.07, 6.45) is 1.64. The Kier molecular flexibility index (Phi) is 4.64. The van der Waals surface area contributed by atoms with Gasteiger partial charge >= 0.3 is 9.75 Å². The van der Waals surface area contributed by atoms with Crippen molar-refractivity contribution in [2.75, 3.05) is 11.5 Å². The van der Waals surface area contributed by atoms with Gasteiger partial charge in [0.2, 0.25) is 0 Å². The first kappa shape index (κ1) is 14.4. The smallest absolute Gasteiger partial charge is 0.255 e. The molecule has 20 heavy (non-hydrogen) atoms. The van der Waals surface area contributed by atoms with Gasteiger partial charge in [0.1, 0.15) is 0 Å². The van der Waals surface area contributed by atoms with Crippen molar-refractivity contribution in [3.63, 3.8) is 0 Å². The molecule has 10 heteroatoms. The molecule has 0 fully saturated rings. The molecule has 6 nitrogen and oxygen atoms in total. The zero-order chi connectivity index (χ0) is 13.9. The summed E-state index contributed by atoms with van der Waals surface area (Å²) in [6.45, 7) is 1.22. The summed E-state index contributed by atoms with van der Waals surface area (Å²) < 4.78 is 4.71. The number of hydrogen-bond acceptors (Lipinski definition) is 8. The van der Waals surface area contributed by atoms with Gasteiger partial charge in [-0.15, -0.1) is 0 Å². The molecule has 3 heterocycles. The largest absolute Gasteiger partial charge is 0.325 e. The fraction of sp³-hybridized carbons (Fsp3) is 0.600. The minimum atomic E-state index is 0.00236. The number of nitrogens with zero attached hydrogens (tertiary/aromatic N) is 4. The van der Waals surface area contributed by atoms with E-state index in [1.54, 1.807) is 23.5 Å². The van der Waals surface area contributed by atoms with Gasteiger partial charge in [-0.05, 0) is 35.5 Å². The summed E-state index contributed by atoms with van der Waals surface area (Å²) in [7, 11) is 0. The molecule has 0 unspecified atom stereocenters. The van der Waals surface area contributed by atoms with Crippen LogP contribution in [-0.4, -0.2) is 31.1 Å². The van der Waals surface area contributed by atoms with Gasteiger partial charge in [-0.1, -0.05) is 23.5 Å². The molecule has 2 aromatic rings. The van der Waals surface area contributed by atoms with E-state index in [9.17, 15) is 9.59 Å². The summed E-state index contributed by atoms with van der Waals surface area (Å²) in [6, 6.07) is 0. The average Bonchev–Trinajstić information content (AvgIpc) is 2.94. The molecule has 0 radical (unpaired) electrons. The van der Waals surface area contributed by atoms with Crippen LogP contribution in [0.15, 0.2) is 18.3 Å². The minimum absolute atomic E-state index is 0.00236. The molecule has 2 aromatic heterocycles. The van der Waals surface area contributed by atoms with E-state index in [2.05, 4.69) is 10.2 Å². The summed E-state index contributed by atoms with van der Waals surface area (Å²) in [5, 5.41) is 8.65.